The van der Waals surface area contributed by atoms with Crippen LogP contribution in [0.15, 0.2) is 84.3 Å². The van der Waals surface area contributed by atoms with Crippen molar-refractivity contribution >= 4 is 23.5 Å². The molecule has 0 aliphatic rings. The van der Waals surface area contributed by atoms with E-state index in [-0.39, 0.29) is 5.91 Å². The highest BCUT2D eigenvalue weighted by molar-refractivity contribution is 7.98. The van der Waals surface area contributed by atoms with E-state index in [1.807, 2.05) is 49.4 Å². The predicted octanol–water partition coefficient (Wildman–Crippen LogP) is 5.35. The number of aromatic nitrogens is 3. The Morgan fingerprint density at radius 3 is 2.49 bits per heavy atom. The average Bonchev–Trinajstić information content (AvgIpc) is 2.89. The van der Waals surface area contributed by atoms with Gasteiger partial charge in [0.2, 0.25) is 0 Å². The number of carbonyl (C=O) groups excluding carboxylic acids is 1. The van der Waals surface area contributed by atoms with Crippen LogP contribution >= 0.6 is 11.8 Å². The molecule has 178 valence electrons. The monoisotopic (exact) mass is 483 g/mol. The Hall–Kier alpha value is -3.71. The van der Waals surface area contributed by atoms with Gasteiger partial charge < -0.3 is 10.2 Å². The molecule has 0 unspecified atom stereocenters. The Labute approximate surface area is 210 Å². The van der Waals surface area contributed by atoms with Crippen molar-refractivity contribution in [1.29, 1.82) is 0 Å². The minimum absolute atomic E-state index is 0.104. The fraction of sp³-hybridized carbons (Fsp3) is 0.214. The van der Waals surface area contributed by atoms with Crippen LogP contribution in [0.1, 0.15) is 38.3 Å². The van der Waals surface area contributed by atoms with E-state index in [1.54, 1.807) is 24.2 Å². The standard InChI is InChI=1S/C28H29N5OS/c1-20-21(2)31-28(32-26(20)33(3)18-22-9-5-4-6-10-22)35-19-23-11-7-13-25(15-23)27(34)30-17-24-12-8-14-29-16-24/h4-16H,17-19H2,1-3H3,(H,30,34). The van der Waals surface area contributed by atoms with Crippen LogP contribution in [0.5, 0.6) is 0 Å². The third-order valence-electron chi connectivity index (χ3n) is 5.70. The molecule has 2 aromatic heterocycles. The maximum atomic E-state index is 12.6. The fourth-order valence-corrected chi connectivity index (χ4v) is 4.52. The van der Waals surface area contributed by atoms with Crippen molar-refractivity contribution in [2.45, 2.75) is 37.8 Å². The average molecular weight is 484 g/mol. The number of nitrogens with one attached hydrogen (secondary N) is 1. The molecule has 0 saturated heterocycles. The van der Waals surface area contributed by atoms with Gasteiger partial charge in [-0.25, -0.2) is 9.97 Å². The summed E-state index contributed by atoms with van der Waals surface area (Å²) in [5.74, 6) is 1.51. The van der Waals surface area contributed by atoms with E-state index >= 15 is 0 Å². The molecule has 35 heavy (non-hydrogen) atoms. The quantitative estimate of drug-likeness (QED) is 0.256. The fourth-order valence-electron chi connectivity index (χ4n) is 3.69. The molecule has 0 saturated carbocycles. The molecule has 2 heterocycles. The summed E-state index contributed by atoms with van der Waals surface area (Å²) in [6.45, 7) is 5.31. The molecule has 0 radical (unpaired) electrons. The maximum absolute atomic E-state index is 12.6. The number of thioether (sulfide) groups is 1. The lowest BCUT2D eigenvalue weighted by Crippen LogP contribution is -2.22. The van der Waals surface area contributed by atoms with E-state index in [0.717, 1.165) is 39.9 Å². The van der Waals surface area contributed by atoms with Gasteiger partial charge in [0.1, 0.15) is 5.82 Å². The minimum Gasteiger partial charge on any atom is -0.355 e. The van der Waals surface area contributed by atoms with Crippen LogP contribution in [0.2, 0.25) is 0 Å². The lowest BCUT2D eigenvalue weighted by Gasteiger charge is -2.21. The Balaban J connectivity index is 1.41. The summed E-state index contributed by atoms with van der Waals surface area (Å²) >= 11 is 1.58. The summed E-state index contributed by atoms with van der Waals surface area (Å²) in [4.78, 5) is 28.4. The van der Waals surface area contributed by atoms with Crippen molar-refractivity contribution in [1.82, 2.24) is 20.3 Å². The van der Waals surface area contributed by atoms with Crippen LogP contribution in [0, 0.1) is 13.8 Å². The van der Waals surface area contributed by atoms with Crippen molar-refractivity contribution in [3.8, 4) is 0 Å². The Morgan fingerprint density at radius 2 is 1.71 bits per heavy atom. The SMILES string of the molecule is Cc1nc(SCc2cccc(C(=O)NCc3cccnc3)c2)nc(N(C)Cc2ccccc2)c1C. The number of pyridine rings is 1. The van der Waals surface area contributed by atoms with Gasteiger partial charge in [0, 0.05) is 55.1 Å². The first-order chi connectivity index (χ1) is 17.0. The topological polar surface area (TPSA) is 71.0 Å². The number of nitrogens with zero attached hydrogens (tertiary/aromatic N) is 4. The summed E-state index contributed by atoms with van der Waals surface area (Å²) in [5, 5.41) is 3.68. The van der Waals surface area contributed by atoms with Gasteiger partial charge in [-0.05, 0) is 48.7 Å². The Morgan fingerprint density at radius 1 is 0.943 bits per heavy atom. The number of rotatable bonds is 9. The molecule has 4 rings (SSSR count). The number of hydrogen-bond donors (Lipinski definition) is 1. The third-order valence-corrected chi connectivity index (χ3v) is 6.62. The first kappa shape index (κ1) is 24.4. The molecule has 0 fully saturated rings. The summed E-state index contributed by atoms with van der Waals surface area (Å²) in [6.07, 6.45) is 3.47. The molecule has 4 aromatic rings. The zero-order valence-electron chi connectivity index (χ0n) is 20.2. The molecule has 0 atom stereocenters. The maximum Gasteiger partial charge on any atom is 0.251 e. The van der Waals surface area contributed by atoms with E-state index in [1.165, 1.54) is 5.56 Å². The van der Waals surface area contributed by atoms with Gasteiger partial charge >= 0.3 is 0 Å². The molecule has 0 bridgehead atoms. The second kappa shape index (κ2) is 11.6. The van der Waals surface area contributed by atoms with E-state index in [4.69, 9.17) is 9.97 Å². The molecule has 6 nitrogen and oxygen atoms in total. The largest absolute Gasteiger partial charge is 0.355 e. The van der Waals surface area contributed by atoms with Crippen LogP contribution < -0.4 is 10.2 Å². The van der Waals surface area contributed by atoms with Gasteiger partial charge in [0.15, 0.2) is 5.16 Å². The van der Waals surface area contributed by atoms with Gasteiger partial charge in [-0.2, -0.15) is 0 Å². The lowest BCUT2D eigenvalue weighted by atomic mass is 10.1. The molecule has 1 amide bonds. The van der Waals surface area contributed by atoms with Crippen LogP contribution in [-0.4, -0.2) is 27.9 Å². The smallest absolute Gasteiger partial charge is 0.251 e. The Bertz CT molecular complexity index is 1280. The number of hydrogen-bond acceptors (Lipinski definition) is 6. The highest BCUT2D eigenvalue weighted by Crippen LogP contribution is 2.26. The third kappa shape index (κ3) is 6.67. The summed E-state index contributed by atoms with van der Waals surface area (Å²) < 4.78 is 0. The van der Waals surface area contributed by atoms with Crippen molar-refractivity contribution in [3.63, 3.8) is 0 Å². The number of benzene rings is 2. The summed E-state index contributed by atoms with van der Waals surface area (Å²) in [5.41, 5.74) is 5.94. The molecule has 2 aromatic carbocycles. The number of amides is 1. The number of anilines is 1. The van der Waals surface area contributed by atoms with E-state index in [9.17, 15) is 4.79 Å². The molecule has 7 heteroatoms. The molecule has 1 N–H and O–H groups in total. The first-order valence-electron chi connectivity index (χ1n) is 11.5. The van der Waals surface area contributed by atoms with Crippen molar-refractivity contribution < 1.29 is 4.79 Å². The molecular weight excluding hydrogens is 454 g/mol. The second-order valence-corrected chi connectivity index (χ2v) is 9.36. The van der Waals surface area contributed by atoms with Crippen LogP contribution in [0.25, 0.3) is 0 Å². The second-order valence-electron chi connectivity index (χ2n) is 8.41. The minimum atomic E-state index is -0.104. The number of carbonyl (C=O) groups is 1. The first-order valence-corrected chi connectivity index (χ1v) is 12.5. The molecule has 0 aliphatic carbocycles. The van der Waals surface area contributed by atoms with E-state index in [2.05, 4.69) is 53.4 Å². The summed E-state index contributed by atoms with van der Waals surface area (Å²) in [6, 6.07) is 21.9. The summed E-state index contributed by atoms with van der Waals surface area (Å²) in [7, 11) is 2.06. The van der Waals surface area contributed by atoms with Crippen LogP contribution in [0.3, 0.4) is 0 Å². The van der Waals surface area contributed by atoms with E-state index in [0.29, 0.717) is 17.9 Å². The molecule has 0 spiro atoms. The molecule has 0 aliphatic heterocycles. The number of aryl methyl sites for hydroxylation is 1. The van der Waals surface area contributed by atoms with Gasteiger partial charge in [0.05, 0.1) is 0 Å². The zero-order valence-corrected chi connectivity index (χ0v) is 21.0. The van der Waals surface area contributed by atoms with Crippen molar-refractivity contribution in [2.24, 2.45) is 0 Å². The van der Waals surface area contributed by atoms with Crippen LogP contribution in [-0.2, 0) is 18.8 Å². The van der Waals surface area contributed by atoms with Gasteiger partial charge in [-0.3, -0.25) is 9.78 Å². The zero-order chi connectivity index (χ0) is 24.6. The van der Waals surface area contributed by atoms with Gasteiger partial charge in [-0.1, -0.05) is 60.3 Å². The van der Waals surface area contributed by atoms with E-state index < -0.39 is 0 Å². The predicted molar refractivity (Wildman–Crippen MR) is 141 cm³/mol. The van der Waals surface area contributed by atoms with Gasteiger partial charge in [0.25, 0.3) is 5.91 Å². The van der Waals surface area contributed by atoms with Crippen LogP contribution in [0.4, 0.5) is 5.82 Å². The highest BCUT2D eigenvalue weighted by Gasteiger charge is 2.14. The Kier molecular flexibility index (Phi) is 8.11. The molecular formula is C28H29N5OS. The van der Waals surface area contributed by atoms with Gasteiger partial charge in [-0.15, -0.1) is 0 Å². The highest BCUT2D eigenvalue weighted by atomic mass is 32.2. The lowest BCUT2D eigenvalue weighted by molar-refractivity contribution is 0.0951. The van der Waals surface area contributed by atoms with Crippen molar-refractivity contribution in [3.05, 3.63) is 113 Å². The normalized spacial score (nSPS) is 10.7. The van der Waals surface area contributed by atoms with Crippen molar-refractivity contribution in [2.75, 3.05) is 11.9 Å².